The molecule has 64 heavy (non-hydrogen) atoms. The van der Waals surface area contributed by atoms with Gasteiger partial charge in [0.05, 0.1) is 6.61 Å². The van der Waals surface area contributed by atoms with Gasteiger partial charge < -0.3 is 14.2 Å². The molecule has 0 N–H and O–H groups in total. The Kier molecular flexibility index (Phi) is 51.5. The highest BCUT2D eigenvalue weighted by molar-refractivity contribution is 5.70. The van der Waals surface area contributed by atoms with Crippen molar-refractivity contribution < 1.29 is 23.8 Å². The van der Waals surface area contributed by atoms with Crippen LogP contribution in [-0.4, -0.2) is 37.9 Å². The van der Waals surface area contributed by atoms with Crippen LogP contribution in [0.25, 0.3) is 0 Å². The van der Waals surface area contributed by atoms with E-state index in [1.165, 1.54) is 89.9 Å². The minimum Gasteiger partial charge on any atom is -0.462 e. The zero-order chi connectivity index (χ0) is 46.3. The molecule has 1 atom stereocenters. The summed E-state index contributed by atoms with van der Waals surface area (Å²) in [5.41, 5.74) is 0. The predicted octanol–water partition coefficient (Wildman–Crippen LogP) is 18.2. The van der Waals surface area contributed by atoms with Crippen molar-refractivity contribution in [3.63, 3.8) is 0 Å². The molecule has 366 valence electrons. The van der Waals surface area contributed by atoms with E-state index < -0.39 is 6.10 Å². The van der Waals surface area contributed by atoms with Crippen LogP contribution < -0.4 is 0 Å². The van der Waals surface area contributed by atoms with Crippen LogP contribution in [-0.2, 0) is 23.8 Å². The van der Waals surface area contributed by atoms with Gasteiger partial charge >= 0.3 is 11.9 Å². The molecule has 0 aromatic rings. The van der Waals surface area contributed by atoms with Crippen molar-refractivity contribution in [1.82, 2.24) is 0 Å². The number of carbonyl (C=O) groups is 2. The van der Waals surface area contributed by atoms with Gasteiger partial charge in [-0.15, -0.1) is 0 Å². The molecule has 0 radical (unpaired) electrons. The molecule has 0 aliphatic rings. The third-order valence-corrected chi connectivity index (χ3v) is 11.1. The first kappa shape index (κ1) is 60.8. The first-order chi connectivity index (χ1) is 31.6. The average Bonchev–Trinajstić information content (AvgIpc) is 3.30. The molecular formula is C59H100O5. The van der Waals surface area contributed by atoms with Crippen molar-refractivity contribution in [1.29, 1.82) is 0 Å². The average molecular weight is 889 g/mol. The van der Waals surface area contributed by atoms with E-state index in [0.29, 0.717) is 19.4 Å². The Morgan fingerprint density at radius 2 is 0.703 bits per heavy atom. The number of hydrogen-bond acceptors (Lipinski definition) is 5. The quantitative estimate of drug-likeness (QED) is 0.0346. The lowest BCUT2D eigenvalue weighted by atomic mass is 10.1. The fraction of sp³-hybridized carbons (Fsp3) is 0.695. The summed E-state index contributed by atoms with van der Waals surface area (Å²) in [6.07, 6.45) is 72.7. The van der Waals surface area contributed by atoms with E-state index in [4.69, 9.17) is 14.2 Å². The van der Waals surface area contributed by atoms with Gasteiger partial charge in [0.15, 0.2) is 6.10 Å². The molecule has 0 aliphatic heterocycles. The number of allylic oxidation sites excluding steroid dienone is 16. The number of unbranched alkanes of at least 4 members (excludes halogenated alkanes) is 21. The van der Waals surface area contributed by atoms with Crippen molar-refractivity contribution in [2.75, 3.05) is 19.8 Å². The molecule has 0 aromatic carbocycles. The monoisotopic (exact) mass is 889 g/mol. The maximum absolute atomic E-state index is 12.8. The zero-order valence-corrected chi connectivity index (χ0v) is 42.0. The summed E-state index contributed by atoms with van der Waals surface area (Å²) >= 11 is 0. The van der Waals surface area contributed by atoms with Gasteiger partial charge in [-0.3, -0.25) is 9.59 Å². The van der Waals surface area contributed by atoms with Crippen molar-refractivity contribution in [2.45, 2.75) is 245 Å². The van der Waals surface area contributed by atoms with Gasteiger partial charge in [-0.1, -0.05) is 208 Å². The Labute approximate surface area is 396 Å². The summed E-state index contributed by atoms with van der Waals surface area (Å²) in [5, 5.41) is 0. The highest BCUT2D eigenvalue weighted by atomic mass is 16.6. The molecule has 0 amide bonds. The fourth-order valence-electron chi connectivity index (χ4n) is 7.16. The molecular weight excluding hydrogens is 789 g/mol. The Morgan fingerprint density at radius 3 is 1.14 bits per heavy atom. The van der Waals surface area contributed by atoms with Crippen LogP contribution >= 0.6 is 0 Å². The molecule has 0 fully saturated rings. The third-order valence-electron chi connectivity index (χ3n) is 11.1. The van der Waals surface area contributed by atoms with Crippen molar-refractivity contribution in [2.24, 2.45) is 0 Å². The van der Waals surface area contributed by atoms with Crippen LogP contribution in [0.1, 0.15) is 239 Å². The molecule has 0 saturated carbocycles. The SMILES string of the molecule is CC/C=C\C/C=C\C/C=C\C/C=C\CCCCCCC(=O)OCC(COCCCCCCCC/C=C\CCCCCCCC)OC(=O)CCCCCCC/C=C\C/C=C\C/C=C\CC. The van der Waals surface area contributed by atoms with E-state index >= 15 is 0 Å². The van der Waals surface area contributed by atoms with Gasteiger partial charge in [0.25, 0.3) is 0 Å². The van der Waals surface area contributed by atoms with E-state index in [-0.39, 0.29) is 25.2 Å². The third kappa shape index (κ3) is 51.5. The number of hydrogen-bond donors (Lipinski definition) is 0. The minimum atomic E-state index is -0.564. The predicted molar refractivity (Wildman–Crippen MR) is 279 cm³/mol. The van der Waals surface area contributed by atoms with Gasteiger partial charge in [0, 0.05) is 19.4 Å². The van der Waals surface area contributed by atoms with E-state index in [0.717, 1.165) is 116 Å². The standard InChI is InChI=1S/C59H100O5/c1-4-7-10-13-16-19-22-25-28-30-32-34-37-40-43-46-49-52-58(60)63-56-57(55-62-54-51-48-45-42-39-36-33-29-26-23-20-17-14-11-8-5-2)64-59(61)53-50-47-44-41-38-35-31-27-24-21-18-15-12-9-6-3/h7,9-10,12,16,18-19,21,25-29,31-32,34,57H,4-6,8,11,13-15,17,20,22-24,30,33,35-56H2,1-3H3/b10-7-,12-9-,19-16-,21-18-,28-25-,29-26-,31-27-,34-32-. The Hall–Kier alpha value is -3.18. The van der Waals surface area contributed by atoms with Crippen molar-refractivity contribution in [3.8, 4) is 0 Å². The molecule has 5 nitrogen and oxygen atoms in total. The lowest BCUT2D eigenvalue weighted by Crippen LogP contribution is -2.30. The maximum Gasteiger partial charge on any atom is 0.306 e. The second kappa shape index (κ2) is 54.2. The zero-order valence-electron chi connectivity index (χ0n) is 42.0. The Morgan fingerprint density at radius 1 is 0.359 bits per heavy atom. The molecule has 0 saturated heterocycles. The number of esters is 2. The summed E-state index contributed by atoms with van der Waals surface area (Å²) in [6.45, 7) is 7.55. The van der Waals surface area contributed by atoms with E-state index in [2.05, 4.69) is 118 Å². The highest BCUT2D eigenvalue weighted by Crippen LogP contribution is 2.13. The lowest BCUT2D eigenvalue weighted by Gasteiger charge is -2.18. The topological polar surface area (TPSA) is 61.8 Å². The normalized spacial score (nSPS) is 13.0. The van der Waals surface area contributed by atoms with Crippen LogP contribution in [0.3, 0.4) is 0 Å². The van der Waals surface area contributed by atoms with Crippen molar-refractivity contribution >= 4 is 11.9 Å². The first-order valence-electron chi connectivity index (χ1n) is 26.8. The summed E-state index contributed by atoms with van der Waals surface area (Å²) < 4.78 is 17.4. The van der Waals surface area contributed by atoms with E-state index in [9.17, 15) is 9.59 Å². The number of ether oxygens (including phenoxy) is 3. The molecule has 0 bridgehead atoms. The van der Waals surface area contributed by atoms with Crippen LogP contribution in [0.15, 0.2) is 97.2 Å². The maximum atomic E-state index is 12.8. The molecule has 0 aromatic heterocycles. The Bertz CT molecular complexity index is 1230. The summed E-state index contributed by atoms with van der Waals surface area (Å²) in [6, 6.07) is 0. The molecule has 0 rings (SSSR count). The van der Waals surface area contributed by atoms with Crippen LogP contribution in [0.4, 0.5) is 0 Å². The van der Waals surface area contributed by atoms with Gasteiger partial charge in [-0.05, 0) is 116 Å². The van der Waals surface area contributed by atoms with Crippen molar-refractivity contribution in [3.05, 3.63) is 97.2 Å². The number of carbonyl (C=O) groups excluding carboxylic acids is 2. The lowest BCUT2D eigenvalue weighted by molar-refractivity contribution is -0.163. The molecule has 0 aliphatic carbocycles. The smallest absolute Gasteiger partial charge is 0.306 e. The van der Waals surface area contributed by atoms with Crippen LogP contribution in [0.2, 0.25) is 0 Å². The summed E-state index contributed by atoms with van der Waals surface area (Å²) in [5.74, 6) is -0.448. The second-order valence-corrected chi connectivity index (χ2v) is 17.4. The van der Waals surface area contributed by atoms with E-state index in [1.807, 2.05) is 0 Å². The largest absolute Gasteiger partial charge is 0.462 e. The summed E-state index contributed by atoms with van der Waals surface area (Å²) in [7, 11) is 0. The van der Waals surface area contributed by atoms with Gasteiger partial charge in [-0.2, -0.15) is 0 Å². The molecule has 5 heteroatoms. The minimum absolute atomic E-state index is 0.0586. The molecule has 1 unspecified atom stereocenters. The number of rotatable bonds is 48. The summed E-state index contributed by atoms with van der Waals surface area (Å²) in [4.78, 5) is 25.4. The fourth-order valence-corrected chi connectivity index (χ4v) is 7.16. The van der Waals surface area contributed by atoms with Gasteiger partial charge in [-0.25, -0.2) is 0 Å². The van der Waals surface area contributed by atoms with Gasteiger partial charge in [0.1, 0.15) is 6.61 Å². The van der Waals surface area contributed by atoms with Crippen LogP contribution in [0.5, 0.6) is 0 Å². The molecule has 0 heterocycles. The molecule has 0 spiro atoms. The van der Waals surface area contributed by atoms with Crippen LogP contribution in [0, 0.1) is 0 Å². The first-order valence-corrected chi connectivity index (χ1v) is 26.8. The van der Waals surface area contributed by atoms with Gasteiger partial charge in [0.2, 0.25) is 0 Å². The highest BCUT2D eigenvalue weighted by Gasteiger charge is 2.17. The second-order valence-electron chi connectivity index (χ2n) is 17.4. The van der Waals surface area contributed by atoms with E-state index in [1.54, 1.807) is 0 Å². The Balaban J connectivity index is 4.37.